The summed E-state index contributed by atoms with van der Waals surface area (Å²) in [5.74, 6) is 1.03. The highest BCUT2D eigenvalue weighted by Crippen LogP contribution is 2.26. The van der Waals surface area contributed by atoms with Crippen LogP contribution in [0, 0.1) is 6.92 Å². The quantitative estimate of drug-likeness (QED) is 0.650. The molecule has 0 aliphatic rings. The zero-order valence-corrected chi connectivity index (χ0v) is 15.4. The van der Waals surface area contributed by atoms with Crippen LogP contribution in [-0.4, -0.2) is 26.1 Å². The first-order valence-electron chi connectivity index (χ1n) is 8.26. The van der Waals surface area contributed by atoms with E-state index in [1.54, 1.807) is 0 Å². The van der Waals surface area contributed by atoms with Gasteiger partial charge in [0.15, 0.2) is 0 Å². The van der Waals surface area contributed by atoms with Crippen molar-refractivity contribution >= 4 is 11.6 Å². The van der Waals surface area contributed by atoms with E-state index in [9.17, 15) is 0 Å². The molecule has 2 aromatic heterocycles. The summed E-state index contributed by atoms with van der Waals surface area (Å²) in [6.45, 7) is 7.68. The molecule has 3 aromatic rings. The first kappa shape index (κ1) is 17.6. The van der Waals surface area contributed by atoms with Gasteiger partial charge in [-0.15, -0.1) is 10.2 Å². The molecule has 6 heteroatoms. The van der Waals surface area contributed by atoms with Gasteiger partial charge in [-0.1, -0.05) is 23.7 Å². The normalized spacial score (nSPS) is 11.4. The van der Waals surface area contributed by atoms with E-state index < -0.39 is 0 Å². The summed E-state index contributed by atoms with van der Waals surface area (Å²) >= 11 is 6.20. The highest BCUT2D eigenvalue weighted by molar-refractivity contribution is 6.33. The fraction of sp³-hybridized carbons (Fsp3) is 0.316. The van der Waals surface area contributed by atoms with E-state index in [1.807, 2.05) is 43.5 Å². The molecule has 0 aliphatic heterocycles. The molecule has 1 aromatic carbocycles. The lowest BCUT2D eigenvalue weighted by molar-refractivity contribution is 0.184. The minimum absolute atomic E-state index is 0.337. The van der Waals surface area contributed by atoms with Crippen molar-refractivity contribution in [3.8, 4) is 11.5 Å². The summed E-state index contributed by atoms with van der Waals surface area (Å²) in [6, 6.07) is 11.9. The van der Waals surface area contributed by atoms with E-state index >= 15 is 0 Å². The molecule has 0 atom stereocenters. The van der Waals surface area contributed by atoms with Crippen LogP contribution in [0.2, 0.25) is 5.02 Å². The van der Waals surface area contributed by atoms with Gasteiger partial charge >= 0.3 is 0 Å². The van der Waals surface area contributed by atoms with E-state index in [0.29, 0.717) is 29.4 Å². The lowest BCUT2D eigenvalue weighted by Gasteiger charge is -2.24. The fourth-order valence-corrected chi connectivity index (χ4v) is 2.81. The summed E-state index contributed by atoms with van der Waals surface area (Å²) in [6.07, 6.45) is 1.84. The molecule has 0 amide bonds. The highest BCUT2D eigenvalue weighted by atomic mass is 35.5. The standard InChI is InChI=1S/C19H21ClN4O/c1-13(2)24(11-15-8-9-21-14(3)10-15)12-18-22-23-19(25-18)16-6-4-5-7-17(16)20/h4-10,13H,11-12H2,1-3H3. The zero-order chi connectivity index (χ0) is 17.8. The van der Waals surface area contributed by atoms with Crippen LogP contribution in [0.15, 0.2) is 47.0 Å². The summed E-state index contributed by atoms with van der Waals surface area (Å²) in [5.41, 5.74) is 2.98. The Morgan fingerprint density at radius 2 is 1.92 bits per heavy atom. The third-order valence-corrected chi connectivity index (χ3v) is 4.32. The second-order valence-electron chi connectivity index (χ2n) is 6.29. The maximum absolute atomic E-state index is 6.20. The number of pyridine rings is 1. The second kappa shape index (κ2) is 7.76. The molecule has 2 heterocycles. The zero-order valence-electron chi connectivity index (χ0n) is 14.6. The molecular weight excluding hydrogens is 336 g/mol. The summed E-state index contributed by atoms with van der Waals surface area (Å²) in [4.78, 5) is 6.53. The van der Waals surface area contributed by atoms with Crippen molar-refractivity contribution in [2.45, 2.75) is 39.9 Å². The maximum Gasteiger partial charge on any atom is 0.249 e. The number of hydrogen-bond donors (Lipinski definition) is 0. The van der Waals surface area contributed by atoms with Crippen molar-refractivity contribution in [2.24, 2.45) is 0 Å². The average molecular weight is 357 g/mol. The van der Waals surface area contributed by atoms with Crippen LogP contribution in [0.4, 0.5) is 0 Å². The Kier molecular flexibility index (Phi) is 5.46. The SMILES string of the molecule is Cc1cc(CN(Cc2nnc(-c3ccccc3Cl)o2)C(C)C)ccn1. The number of nitrogens with zero attached hydrogens (tertiary/aromatic N) is 4. The Balaban J connectivity index is 1.76. The van der Waals surface area contributed by atoms with Crippen molar-refractivity contribution in [3.05, 3.63) is 64.8 Å². The van der Waals surface area contributed by atoms with Gasteiger partial charge in [-0.25, -0.2) is 0 Å². The number of hydrogen-bond acceptors (Lipinski definition) is 5. The van der Waals surface area contributed by atoms with Gasteiger partial charge in [0.2, 0.25) is 11.8 Å². The molecule has 0 saturated carbocycles. The van der Waals surface area contributed by atoms with Gasteiger partial charge in [0, 0.05) is 24.5 Å². The van der Waals surface area contributed by atoms with Crippen LogP contribution in [0.1, 0.15) is 31.0 Å². The van der Waals surface area contributed by atoms with Gasteiger partial charge in [-0.2, -0.15) is 0 Å². The third-order valence-electron chi connectivity index (χ3n) is 3.99. The van der Waals surface area contributed by atoms with Crippen LogP contribution < -0.4 is 0 Å². The summed E-state index contributed by atoms with van der Waals surface area (Å²) < 4.78 is 5.83. The number of benzene rings is 1. The largest absolute Gasteiger partial charge is 0.419 e. The first-order valence-corrected chi connectivity index (χ1v) is 8.63. The Hall–Kier alpha value is -2.24. The Labute approximate surface area is 152 Å². The van der Waals surface area contributed by atoms with Gasteiger partial charge in [0.1, 0.15) is 0 Å². The Morgan fingerprint density at radius 1 is 1.12 bits per heavy atom. The number of aryl methyl sites for hydroxylation is 1. The summed E-state index contributed by atoms with van der Waals surface area (Å²) in [5, 5.41) is 8.93. The molecule has 130 valence electrons. The van der Waals surface area contributed by atoms with E-state index in [-0.39, 0.29) is 0 Å². The summed E-state index contributed by atoms with van der Waals surface area (Å²) in [7, 11) is 0. The minimum Gasteiger partial charge on any atom is -0.419 e. The topological polar surface area (TPSA) is 55.1 Å². The van der Waals surface area contributed by atoms with Gasteiger partial charge in [0.25, 0.3) is 0 Å². The van der Waals surface area contributed by atoms with E-state index in [0.717, 1.165) is 17.8 Å². The fourth-order valence-electron chi connectivity index (χ4n) is 2.59. The molecule has 0 unspecified atom stereocenters. The number of rotatable bonds is 6. The Bertz CT molecular complexity index is 847. The molecular formula is C19H21ClN4O. The molecule has 0 bridgehead atoms. The van der Waals surface area contributed by atoms with Crippen molar-refractivity contribution in [1.29, 1.82) is 0 Å². The van der Waals surface area contributed by atoms with E-state index in [4.69, 9.17) is 16.0 Å². The van der Waals surface area contributed by atoms with Crippen LogP contribution in [0.25, 0.3) is 11.5 Å². The smallest absolute Gasteiger partial charge is 0.249 e. The Morgan fingerprint density at radius 3 is 2.64 bits per heavy atom. The highest BCUT2D eigenvalue weighted by Gasteiger charge is 2.17. The molecule has 25 heavy (non-hydrogen) atoms. The van der Waals surface area contributed by atoms with Crippen molar-refractivity contribution in [2.75, 3.05) is 0 Å². The third kappa shape index (κ3) is 4.44. The molecule has 5 nitrogen and oxygen atoms in total. The van der Waals surface area contributed by atoms with Crippen molar-refractivity contribution in [1.82, 2.24) is 20.1 Å². The van der Waals surface area contributed by atoms with E-state index in [1.165, 1.54) is 5.56 Å². The maximum atomic E-state index is 6.20. The van der Waals surface area contributed by atoms with Crippen LogP contribution in [0.3, 0.4) is 0 Å². The predicted octanol–water partition coefficient (Wildman–Crippen LogP) is 4.50. The monoisotopic (exact) mass is 356 g/mol. The van der Waals surface area contributed by atoms with Crippen LogP contribution in [0.5, 0.6) is 0 Å². The number of halogens is 1. The van der Waals surface area contributed by atoms with Gasteiger partial charge < -0.3 is 4.42 Å². The molecule has 3 rings (SSSR count). The lowest BCUT2D eigenvalue weighted by atomic mass is 10.2. The molecule has 0 radical (unpaired) electrons. The molecule has 0 saturated heterocycles. The predicted molar refractivity (Wildman–Crippen MR) is 98.1 cm³/mol. The molecule has 0 fully saturated rings. The first-order chi connectivity index (χ1) is 12.0. The van der Waals surface area contributed by atoms with Crippen LogP contribution in [-0.2, 0) is 13.1 Å². The number of aromatic nitrogens is 3. The second-order valence-corrected chi connectivity index (χ2v) is 6.69. The molecule has 0 N–H and O–H groups in total. The van der Waals surface area contributed by atoms with Gasteiger partial charge in [0.05, 0.1) is 17.1 Å². The van der Waals surface area contributed by atoms with Crippen LogP contribution >= 0.6 is 11.6 Å². The van der Waals surface area contributed by atoms with Gasteiger partial charge in [-0.3, -0.25) is 9.88 Å². The molecule has 0 aliphatic carbocycles. The molecule has 0 spiro atoms. The van der Waals surface area contributed by atoms with E-state index in [2.05, 4.69) is 40.0 Å². The average Bonchev–Trinajstić information content (AvgIpc) is 3.03. The minimum atomic E-state index is 0.337. The van der Waals surface area contributed by atoms with Gasteiger partial charge in [-0.05, 0) is 50.6 Å². The lowest BCUT2D eigenvalue weighted by Crippen LogP contribution is -2.30. The van der Waals surface area contributed by atoms with Crippen molar-refractivity contribution < 1.29 is 4.42 Å². The van der Waals surface area contributed by atoms with Crippen molar-refractivity contribution in [3.63, 3.8) is 0 Å².